The lowest BCUT2D eigenvalue weighted by Crippen LogP contribution is -2.20. The first kappa shape index (κ1) is 18.7. The van der Waals surface area contributed by atoms with Crippen LogP contribution in [0, 0.1) is 13.8 Å². The van der Waals surface area contributed by atoms with E-state index in [9.17, 15) is 0 Å². The zero-order chi connectivity index (χ0) is 20.5. The highest BCUT2D eigenvalue weighted by molar-refractivity contribution is 5.93. The number of hydrogen-bond acceptors (Lipinski definition) is 5. The molecule has 152 valence electrons. The lowest BCUT2D eigenvalue weighted by atomic mass is 9.99. The molecule has 5 nitrogen and oxygen atoms in total. The summed E-state index contributed by atoms with van der Waals surface area (Å²) < 4.78 is 11.1. The third-order valence-electron chi connectivity index (χ3n) is 5.75. The number of fused-ring (bicyclic) bond motifs is 1. The smallest absolute Gasteiger partial charge is 0.134 e. The molecule has 1 aliphatic rings. The fourth-order valence-electron chi connectivity index (χ4n) is 4.29. The van der Waals surface area contributed by atoms with E-state index < -0.39 is 0 Å². The molecule has 5 rings (SSSR count). The Morgan fingerprint density at radius 2 is 1.93 bits per heavy atom. The van der Waals surface area contributed by atoms with Crippen molar-refractivity contribution in [3.63, 3.8) is 0 Å². The number of aromatic nitrogens is 2. The van der Waals surface area contributed by atoms with Crippen molar-refractivity contribution in [2.24, 2.45) is 0 Å². The van der Waals surface area contributed by atoms with E-state index in [0.717, 1.165) is 53.3 Å². The summed E-state index contributed by atoms with van der Waals surface area (Å²) in [6.07, 6.45) is 1.16. The molecule has 2 aromatic carbocycles. The van der Waals surface area contributed by atoms with Crippen molar-refractivity contribution in [2.75, 3.05) is 18.0 Å². The Hall–Kier alpha value is -3.34. The molecule has 5 heteroatoms. The van der Waals surface area contributed by atoms with Gasteiger partial charge in [-0.2, -0.15) is 0 Å². The van der Waals surface area contributed by atoms with Crippen LogP contribution in [0.25, 0.3) is 10.9 Å². The highest BCUT2D eigenvalue weighted by atomic mass is 16.5. The number of nitrogens with zero attached hydrogens (tertiary/aromatic N) is 3. The van der Waals surface area contributed by atoms with Crippen LogP contribution < -0.4 is 9.64 Å². The molecule has 2 aromatic heterocycles. The Kier molecular flexibility index (Phi) is 4.87. The molecule has 1 unspecified atom stereocenters. The fourth-order valence-corrected chi connectivity index (χ4v) is 4.29. The molecule has 3 heterocycles. The van der Waals surface area contributed by atoms with Crippen LogP contribution in [0.5, 0.6) is 5.75 Å². The topological polar surface area (TPSA) is 51.4 Å². The molecule has 0 N–H and O–H groups in total. The number of rotatable bonds is 5. The molecule has 0 amide bonds. The van der Waals surface area contributed by atoms with Crippen molar-refractivity contribution >= 4 is 16.6 Å². The Balaban J connectivity index is 1.42. The molecule has 4 aromatic rings. The van der Waals surface area contributed by atoms with Crippen LogP contribution in [0.2, 0.25) is 0 Å². The van der Waals surface area contributed by atoms with Gasteiger partial charge in [0.25, 0.3) is 0 Å². The lowest BCUT2D eigenvalue weighted by molar-refractivity contribution is 0.288. The van der Waals surface area contributed by atoms with Crippen LogP contribution in [-0.2, 0) is 6.61 Å². The fraction of sp³-hybridized carbons (Fsp3) is 0.280. The summed E-state index contributed by atoms with van der Waals surface area (Å²) in [6, 6.07) is 21.0. The molecule has 0 radical (unpaired) electrons. The van der Waals surface area contributed by atoms with E-state index in [-0.39, 0.29) is 0 Å². The SMILES string of the molecule is Cc1cc(N2CCC(c3ccccc3)C2)c2cc(OCc3cc(C)on3)ccc2n1. The van der Waals surface area contributed by atoms with Crippen molar-refractivity contribution < 1.29 is 9.26 Å². The third kappa shape index (κ3) is 3.75. The van der Waals surface area contributed by atoms with Gasteiger partial charge in [0.1, 0.15) is 23.8 Å². The standard InChI is InChI=1S/C25H25N3O2/c1-17-12-25(28-11-10-20(15-28)19-6-4-3-5-7-19)23-14-22(8-9-24(23)26-17)29-16-21-13-18(2)30-27-21/h3-9,12-14,20H,10-11,15-16H2,1-2H3. The normalized spacial score (nSPS) is 16.3. The average molecular weight is 399 g/mol. The molecule has 1 fully saturated rings. The Labute approximate surface area is 176 Å². The molecular weight excluding hydrogens is 374 g/mol. The van der Waals surface area contributed by atoms with E-state index >= 15 is 0 Å². The van der Waals surface area contributed by atoms with E-state index in [1.54, 1.807) is 0 Å². The maximum absolute atomic E-state index is 5.98. The second-order valence-corrected chi connectivity index (χ2v) is 8.02. The molecule has 1 aliphatic heterocycles. The zero-order valence-electron chi connectivity index (χ0n) is 17.3. The van der Waals surface area contributed by atoms with Gasteiger partial charge in [-0.25, -0.2) is 0 Å². The third-order valence-corrected chi connectivity index (χ3v) is 5.75. The Morgan fingerprint density at radius 1 is 1.07 bits per heavy atom. The van der Waals surface area contributed by atoms with Crippen molar-refractivity contribution in [1.29, 1.82) is 0 Å². The maximum atomic E-state index is 5.98. The molecule has 0 spiro atoms. The van der Waals surface area contributed by atoms with Gasteiger partial charge in [-0.1, -0.05) is 35.5 Å². The van der Waals surface area contributed by atoms with Crippen LogP contribution in [0.1, 0.15) is 35.1 Å². The zero-order valence-corrected chi connectivity index (χ0v) is 17.3. The average Bonchev–Trinajstić information content (AvgIpc) is 3.41. The van der Waals surface area contributed by atoms with Crippen molar-refractivity contribution in [3.8, 4) is 5.75 Å². The van der Waals surface area contributed by atoms with E-state index in [1.807, 2.05) is 25.1 Å². The van der Waals surface area contributed by atoms with Crippen molar-refractivity contribution in [1.82, 2.24) is 10.1 Å². The summed E-state index contributed by atoms with van der Waals surface area (Å²) in [7, 11) is 0. The predicted octanol–water partition coefficient (Wildman–Crippen LogP) is 5.41. The first-order chi connectivity index (χ1) is 14.7. The summed E-state index contributed by atoms with van der Waals surface area (Å²) in [5.74, 6) is 2.16. The molecule has 30 heavy (non-hydrogen) atoms. The Bertz CT molecular complexity index is 1170. The molecule has 1 saturated heterocycles. The van der Waals surface area contributed by atoms with E-state index in [2.05, 4.69) is 59.4 Å². The molecular formula is C25H25N3O2. The van der Waals surface area contributed by atoms with E-state index in [4.69, 9.17) is 14.2 Å². The minimum atomic E-state index is 0.386. The predicted molar refractivity (Wildman–Crippen MR) is 118 cm³/mol. The molecule has 1 atom stereocenters. The van der Waals surface area contributed by atoms with E-state index in [0.29, 0.717) is 12.5 Å². The van der Waals surface area contributed by atoms with Gasteiger partial charge in [0.2, 0.25) is 0 Å². The summed E-state index contributed by atoms with van der Waals surface area (Å²) in [5.41, 5.74) is 5.48. The lowest BCUT2D eigenvalue weighted by Gasteiger charge is -2.22. The van der Waals surface area contributed by atoms with Crippen LogP contribution in [0.15, 0.2) is 65.2 Å². The number of anilines is 1. The number of ether oxygens (including phenoxy) is 1. The first-order valence-electron chi connectivity index (χ1n) is 10.4. The highest BCUT2D eigenvalue weighted by Gasteiger charge is 2.25. The van der Waals surface area contributed by atoms with Gasteiger partial charge < -0.3 is 14.2 Å². The molecule has 0 saturated carbocycles. The van der Waals surface area contributed by atoms with Crippen molar-refractivity contribution in [3.05, 3.63) is 83.4 Å². The van der Waals surface area contributed by atoms with Crippen molar-refractivity contribution in [2.45, 2.75) is 32.8 Å². The highest BCUT2D eigenvalue weighted by Crippen LogP contribution is 2.36. The minimum Gasteiger partial charge on any atom is -0.487 e. The van der Waals surface area contributed by atoms with Crippen LogP contribution in [0.4, 0.5) is 5.69 Å². The van der Waals surface area contributed by atoms with E-state index in [1.165, 1.54) is 11.3 Å². The van der Waals surface area contributed by atoms with Gasteiger partial charge in [0.15, 0.2) is 0 Å². The van der Waals surface area contributed by atoms with Gasteiger partial charge in [-0.15, -0.1) is 0 Å². The van der Waals surface area contributed by atoms with Crippen LogP contribution in [-0.4, -0.2) is 23.2 Å². The summed E-state index contributed by atoms with van der Waals surface area (Å²) >= 11 is 0. The minimum absolute atomic E-state index is 0.386. The second-order valence-electron chi connectivity index (χ2n) is 8.02. The monoisotopic (exact) mass is 399 g/mol. The first-order valence-corrected chi connectivity index (χ1v) is 10.4. The van der Waals surface area contributed by atoms with Gasteiger partial charge in [-0.05, 0) is 50.1 Å². The van der Waals surface area contributed by atoms with Gasteiger partial charge in [0.05, 0.1) is 5.52 Å². The summed E-state index contributed by atoms with van der Waals surface area (Å²) in [5, 5.41) is 5.13. The quantitative estimate of drug-likeness (QED) is 0.449. The Morgan fingerprint density at radius 3 is 2.73 bits per heavy atom. The van der Waals surface area contributed by atoms with Gasteiger partial charge in [0, 0.05) is 41.8 Å². The largest absolute Gasteiger partial charge is 0.487 e. The molecule has 0 aliphatic carbocycles. The number of aryl methyl sites for hydroxylation is 2. The van der Waals surface area contributed by atoms with Gasteiger partial charge >= 0.3 is 0 Å². The molecule has 0 bridgehead atoms. The number of pyridine rings is 1. The van der Waals surface area contributed by atoms with Gasteiger partial charge in [-0.3, -0.25) is 4.98 Å². The van der Waals surface area contributed by atoms with Crippen LogP contribution in [0.3, 0.4) is 0 Å². The summed E-state index contributed by atoms with van der Waals surface area (Å²) in [4.78, 5) is 7.22. The summed E-state index contributed by atoms with van der Waals surface area (Å²) in [6.45, 7) is 6.39. The number of benzene rings is 2. The maximum Gasteiger partial charge on any atom is 0.134 e. The van der Waals surface area contributed by atoms with Crippen LogP contribution >= 0.6 is 0 Å². The second kappa shape index (κ2) is 7.82. The number of hydrogen-bond donors (Lipinski definition) is 0.